The van der Waals surface area contributed by atoms with Crippen molar-refractivity contribution in [3.05, 3.63) is 51.2 Å². The zero-order valence-electron chi connectivity index (χ0n) is 14.8. The van der Waals surface area contributed by atoms with E-state index in [1.54, 1.807) is 13.0 Å². The quantitative estimate of drug-likeness (QED) is 0.514. The molecule has 2 rings (SSSR count). The lowest BCUT2D eigenvalue weighted by molar-refractivity contribution is -0.385. The molecule has 0 saturated heterocycles. The second kappa shape index (κ2) is 6.54. The maximum Gasteiger partial charge on any atom is 0.337 e. The van der Waals surface area contributed by atoms with Crippen molar-refractivity contribution in [1.82, 2.24) is 10.2 Å². The molecule has 1 unspecified atom stereocenters. The van der Waals surface area contributed by atoms with E-state index >= 15 is 0 Å². The molecular formula is C17H21N3O5. The Morgan fingerprint density at radius 1 is 1.32 bits per heavy atom. The Labute approximate surface area is 145 Å². The van der Waals surface area contributed by atoms with Gasteiger partial charge in [0.05, 0.1) is 29.2 Å². The molecule has 0 radical (unpaired) electrons. The van der Waals surface area contributed by atoms with Crippen molar-refractivity contribution >= 4 is 17.7 Å². The summed E-state index contributed by atoms with van der Waals surface area (Å²) in [6, 6.07) is 4.62. The van der Waals surface area contributed by atoms with Gasteiger partial charge in [0, 0.05) is 17.3 Å². The summed E-state index contributed by atoms with van der Waals surface area (Å²) in [6.07, 6.45) is 0. The summed E-state index contributed by atoms with van der Waals surface area (Å²) in [5.41, 5.74) is 0.0547. The molecule has 8 heteroatoms. The normalized spacial score (nSPS) is 18.0. The van der Waals surface area contributed by atoms with E-state index in [1.807, 2.05) is 20.8 Å². The van der Waals surface area contributed by atoms with Crippen LogP contribution in [0.2, 0.25) is 0 Å². The summed E-state index contributed by atoms with van der Waals surface area (Å²) in [5, 5.41) is 14.1. The first kappa shape index (κ1) is 18.4. The average molecular weight is 347 g/mol. The number of nitrogens with one attached hydrogen (secondary N) is 1. The number of carbonyl (C=O) groups excluding carboxylic acids is 2. The first-order valence-electron chi connectivity index (χ1n) is 7.72. The van der Waals surface area contributed by atoms with Gasteiger partial charge in [0.1, 0.15) is 0 Å². The van der Waals surface area contributed by atoms with Crippen LogP contribution in [-0.4, -0.2) is 34.5 Å². The number of nitrogens with zero attached hydrogens (tertiary/aromatic N) is 2. The van der Waals surface area contributed by atoms with E-state index in [0.29, 0.717) is 5.70 Å². The van der Waals surface area contributed by atoms with E-state index < -0.39 is 28.5 Å². The molecule has 0 bridgehead atoms. The van der Waals surface area contributed by atoms with Gasteiger partial charge in [0.2, 0.25) is 0 Å². The number of nitro groups is 1. The predicted molar refractivity (Wildman–Crippen MR) is 90.7 cm³/mol. The minimum Gasteiger partial charge on any atom is -0.466 e. The summed E-state index contributed by atoms with van der Waals surface area (Å²) in [7, 11) is 1.23. The number of benzene rings is 1. The zero-order valence-corrected chi connectivity index (χ0v) is 14.8. The van der Waals surface area contributed by atoms with E-state index in [2.05, 4.69) is 5.32 Å². The van der Waals surface area contributed by atoms with Crippen molar-refractivity contribution in [2.24, 2.45) is 0 Å². The van der Waals surface area contributed by atoms with Crippen molar-refractivity contribution in [2.75, 3.05) is 7.11 Å². The van der Waals surface area contributed by atoms with Gasteiger partial charge in [0.15, 0.2) is 0 Å². The number of esters is 1. The van der Waals surface area contributed by atoms with E-state index in [4.69, 9.17) is 4.74 Å². The van der Waals surface area contributed by atoms with Gasteiger partial charge in [-0.1, -0.05) is 12.1 Å². The molecule has 0 aliphatic carbocycles. The van der Waals surface area contributed by atoms with E-state index in [9.17, 15) is 19.7 Å². The van der Waals surface area contributed by atoms with Crippen molar-refractivity contribution in [2.45, 2.75) is 39.3 Å². The minimum absolute atomic E-state index is 0.173. The molecule has 1 aliphatic heterocycles. The largest absolute Gasteiger partial charge is 0.466 e. The molecule has 0 saturated carbocycles. The van der Waals surface area contributed by atoms with E-state index in [-0.39, 0.29) is 16.8 Å². The molecule has 134 valence electrons. The lowest BCUT2D eigenvalue weighted by Gasteiger charge is -2.42. The number of hydrogen-bond acceptors (Lipinski definition) is 5. The Morgan fingerprint density at radius 2 is 1.92 bits per heavy atom. The minimum atomic E-state index is -0.958. The van der Waals surface area contributed by atoms with Crippen molar-refractivity contribution in [3.63, 3.8) is 0 Å². The van der Waals surface area contributed by atoms with Crippen LogP contribution in [0.5, 0.6) is 0 Å². The van der Waals surface area contributed by atoms with Gasteiger partial charge in [-0.15, -0.1) is 0 Å². The van der Waals surface area contributed by atoms with Crippen LogP contribution in [0.4, 0.5) is 10.5 Å². The summed E-state index contributed by atoms with van der Waals surface area (Å²) in [4.78, 5) is 37.3. The molecule has 0 fully saturated rings. The van der Waals surface area contributed by atoms with Crippen LogP contribution in [0.25, 0.3) is 0 Å². The Hall–Kier alpha value is -2.90. The maximum absolute atomic E-state index is 12.6. The summed E-state index contributed by atoms with van der Waals surface area (Å²) >= 11 is 0. The van der Waals surface area contributed by atoms with Crippen LogP contribution in [0, 0.1) is 10.1 Å². The third-order valence-electron chi connectivity index (χ3n) is 4.01. The van der Waals surface area contributed by atoms with Gasteiger partial charge < -0.3 is 10.1 Å². The molecule has 1 atom stereocenters. The van der Waals surface area contributed by atoms with Crippen molar-refractivity contribution < 1.29 is 19.2 Å². The van der Waals surface area contributed by atoms with Gasteiger partial charge >= 0.3 is 12.0 Å². The molecule has 1 aromatic rings. The number of nitro benzene ring substituents is 1. The average Bonchev–Trinajstić information content (AvgIpc) is 2.52. The molecule has 1 aromatic carbocycles. The van der Waals surface area contributed by atoms with E-state index in [0.717, 1.165) is 0 Å². The molecule has 25 heavy (non-hydrogen) atoms. The predicted octanol–water partition coefficient (Wildman–Crippen LogP) is 2.91. The number of ether oxygens (including phenoxy) is 1. The fourth-order valence-electron chi connectivity index (χ4n) is 3.06. The van der Waals surface area contributed by atoms with Crippen LogP contribution < -0.4 is 5.32 Å². The number of carbonyl (C=O) groups is 2. The second-order valence-corrected chi connectivity index (χ2v) is 6.70. The second-order valence-electron chi connectivity index (χ2n) is 6.70. The number of para-hydroxylation sites is 1. The fraction of sp³-hybridized carbons (Fsp3) is 0.412. The van der Waals surface area contributed by atoms with Gasteiger partial charge in [-0.05, 0) is 33.8 Å². The number of methoxy groups -OCH3 is 1. The number of rotatable bonds is 3. The van der Waals surface area contributed by atoms with Crippen molar-refractivity contribution in [1.29, 1.82) is 0 Å². The summed E-state index contributed by atoms with van der Waals surface area (Å²) < 4.78 is 4.86. The SMILES string of the molecule is COC(=O)C1=C(C)N(C(C)(C)C)C(=O)NC1c1ccccc1[N+](=O)[O-]. The molecule has 0 spiro atoms. The molecule has 2 amide bonds. The summed E-state index contributed by atoms with van der Waals surface area (Å²) in [5.74, 6) is -0.644. The lowest BCUT2D eigenvalue weighted by Crippen LogP contribution is -2.54. The van der Waals surface area contributed by atoms with Crippen LogP contribution in [0.15, 0.2) is 35.5 Å². The third-order valence-corrected chi connectivity index (χ3v) is 4.01. The van der Waals surface area contributed by atoms with Crippen LogP contribution in [0.1, 0.15) is 39.3 Å². The Morgan fingerprint density at radius 3 is 2.44 bits per heavy atom. The third kappa shape index (κ3) is 3.33. The van der Waals surface area contributed by atoms with Crippen LogP contribution in [0.3, 0.4) is 0 Å². The Balaban J connectivity index is 2.71. The number of hydrogen-bond donors (Lipinski definition) is 1. The van der Waals surface area contributed by atoms with Gasteiger partial charge in [-0.2, -0.15) is 0 Å². The molecular weight excluding hydrogens is 326 g/mol. The maximum atomic E-state index is 12.6. The smallest absolute Gasteiger partial charge is 0.337 e. The zero-order chi connectivity index (χ0) is 18.9. The van der Waals surface area contributed by atoms with E-state index in [1.165, 1.54) is 30.2 Å². The first-order chi connectivity index (χ1) is 11.6. The molecule has 1 aliphatic rings. The standard InChI is InChI=1S/C17H21N3O5/c1-10-13(15(21)25-5)14(18-16(22)19(10)17(2,3)4)11-8-6-7-9-12(11)20(23)24/h6-9,14H,1-5H3,(H,18,22). The van der Waals surface area contributed by atoms with Gasteiger partial charge in [0.25, 0.3) is 5.69 Å². The highest BCUT2D eigenvalue weighted by atomic mass is 16.6. The Kier molecular flexibility index (Phi) is 4.82. The highest BCUT2D eigenvalue weighted by Gasteiger charge is 2.42. The molecule has 0 aromatic heterocycles. The molecule has 1 heterocycles. The highest BCUT2D eigenvalue weighted by Crippen LogP contribution is 2.37. The summed E-state index contributed by atoms with van der Waals surface area (Å²) in [6.45, 7) is 7.13. The lowest BCUT2D eigenvalue weighted by atomic mass is 9.91. The van der Waals surface area contributed by atoms with Crippen LogP contribution >= 0.6 is 0 Å². The Bertz CT molecular complexity index is 764. The van der Waals surface area contributed by atoms with Gasteiger partial charge in [-0.25, -0.2) is 9.59 Å². The number of amides is 2. The topological polar surface area (TPSA) is 102 Å². The van der Waals surface area contributed by atoms with Crippen molar-refractivity contribution in [3.8, 4) is 0 Å². The first-order valence-corrected chi connectivity index (χ1v) is 7.72. The molecule has 1 N–H and O–H groups in total. The van der Waals surface area contributed by atoms with Gasteiger partial charge in [-0.3, -0.25) is 15.0 Å². The number of urea groups is 1. The monoisotopic (exact) mass is 347 g/mol. The molecule has 8 nitrogen and oxygen atoms in total. The number of allylic oxidation sites excluding steroid dienone is 1. The van der Waals surface area contributed by atoms with Crippen LogP contribution in [-0.2, 0) is 9.53 Å². The highest BCUT2D eigenvalue weighted by molar-refractivity contribution is 5.95. The fourth-order valence-corrected chi connectivity index (χ4v) is 3.06.